The number of hydrogen-bond donors (Lipinski definition) is 2. The van der Waals surface area contributed by atoms with E-state index in [4.69, 9.17) is 0 Å². The van der Waals surface area contributed by atoms with Crippen LogP contribution in [0.3, 0.4) is 0 Å². The second-order valence-corrected chi connectivity index (χ2v) is 9.29. The highest BCUT2D eigenvalue weighted by molar-refractivity contribution is 5.92. The summed E-state index contributed by atoms with van der Waals surface area (Å²) in [5.41, 5.74) is -0.973. The fraction of sp³-hybridized carbons (Fsp3) is 0.609. The lowest BCUT2D eigenvalue weighted by atomic mass is 9.77. The summed E-state index contributed by atoms with van der Waals surface area (Å²) < 4.78 is 38.6. The topological polar surface area (TPSA) is 81.8 Å². The van der Waals surface area contributed by atoms with E-state index < -0.39 is 11.7 Å². The number of nitrogens with one attached hydrogen (secondary N) is 2. The summed E-state index contributed by atoms with van der Waals surface area (Å²) in [6.45, 7) is 3.31. The Morgan fingerprint density at radius 3 is 2.39 bits per heavy atom. The fourth-order valence-electron chi connectivity index (χ4n) is 5.04. The van der Waals surface area contributed by atoms with Crippen molar-refractivity contribution in [2.24, 2.45) is 11.3 Å². The van der Waals surface area contributed by atoms with Gasteiger partial charge in [0.25, 0.3) is 0 Å². The molecule has 0 atom stereocenters. The van der Waals surface area contributed by atoms with Crippen LogP contribution in [-0.2, 0) is 20.6 Å². The maximum absolute atomic E-state index is 12.9. The van der Waals surface area contributed by atoms with Gasteiger partial charge in [-0.15, -0.1) is 0 Å². The molecule has 0 aromatic heterocycles. The standard InChI is InChI=1S/C23H29F3N4O3/c24-23(25,26)17-2-1-3-18(14-17)28-20(32)16-4-10-29(11-5-16)15-19(31)30-12-7-22(8-13-30)6-9-27-21(22)33/h1-3,14,16H,4-13,15H2,(H,27,33)(H,28,32). The lowest BCUT2D eigenvalue weighted by Gasteiger charge is -2.38. The second-order valence-electron chi connectivity index (χ2n) is 9.29. The average Bonchev–Trinajstić information content (AvgIpc) is 3.13. The molecule has 1 spiro atoms. The minimum atomic E-state index is -4.46. The van der Waals surface area contributed by atoms with E-state index in [2.05, 4.69) is 10.6 Å². The second kappa shape index (κ2) is 9.32. The highest BCUT2D eigenvalue weighted by atomic mass is 19.4. The highest BCUT2D eigenvalue weighted by Crippen LogP contribution is 2.38. The van der Waals surface area contributed by atoms with Gasteiger partial charge in [0.05, 0.1) is 17.5 Å². The van der Waals surface area contributed by atoms with Crippen molar-refractivity contribution in [3.63, 3.8) is 0 Å². The largest absolute Gasteiger partial charge is 0.416 e. The monoisotopic (exact) mass is 466 g/mol. The van der Waals surface area contributed by atoms with Gasteiger partial charge < -0.3 is 15.5 Å². The molecule has 3 saturated heterocycles. The van der Waals surface area contributed by atoms with Crippen LogP contribution in [0.15, 0.2) is 24.3 Å². The third-order valence-electron chi connectivity index (χ3n) is 7.22. The Hall–Kier alpha value is -2.62. The smallest absolute Gasteiger partial charge is 0.356 e. The Bertz CT molecular complexity index is 904. The maximum Gasteiger partial charge on any atom is 0.416 e. The zero-order valence-electron chi connectivity index (χ0n) is 18.4. The van der Waals surface area contributed by atoms with Crippen LogP contribution in [0.25, 0.3) is 0 Å². The number of carbonyl (C=O) groups is 3. The van der Waals surface area contributed by atoms with E-state index in [-0.39, 0.29) is 41.3 Å². The number of piperidine rings is 2. The summed E-state index contributed by atoms with van der Waals surface area (Å²) >= 11 is 0. The zero-order valence-corrected chi connectivity index (χ0v) is 18.4. The molecule has 0 saturated carbocycles. The quantitative estimate of drug-likeness (QED) is 0.715. The van der Waals surface area contributed by atoms with Crippen LogP contribution in [0.1, 0.15) is 37.7 Å². The Labute approximate surface area is 190 Å². The molecule has 1 aromatic carbocycles. The van der Waals surface area contributed by atoms with Crippen LogP contribution < -0.4 is 10.6 Å². The molecule has 3 heterocycles. The maximum atomic E-state index is 12.9. The third-order valence-corrected chi connectivity index (χ3v) is 7.22. The number of nitrogens with zero attached hydrogens (tertiary/aromatic N) is 2. The molecule has 33 heavy (non-hydrogen) atoms. The summed E-state index contributed by atoms with van der Waals surface area (Å²) in [4.78, 5) is 41.2. The van der Waals surface area contributed by atoms with Gasteiger partial charge in [0, 0.05) is 31.2 Å². The first kappa shape index (κ1) is 23.5. The summed E-state index contributed by atoms with van der Waals surface area (Å²) in [6, 6.07) is 4.62. The molecule has 3 aliphatic heterocycles. The molecule has 0 radical (unpaired) electrons. The molecule has 0 aliphatic carbocycles. The zero-order chi connectivity index (χ0) is 23.6. The molecule has 3 amide bonds. The minimum Gasteiger partial charge on any atom is -0.356 e. The molecule has 0 unspecified atom stereocenters. The van der Waals surface area contributed by atoms with E-state index in [1.54, 1.807) is 0 Å². The van der Waals surface area contributed by atoms with Gasteiger partial charge in [0.1, 0.15) is 0 Å². The lowest BCUT2D eigenvalue weighted by Crippen LogP contribution is -2.50. The number of carbonyl (C=O) groups excluding carboxylic acids is 3. The van der Waals surface area contributed by atoms with Crippen molar-refractivity contribution in [3.05, 3.63) is 29.8 Å². The van der Waals surface area contributed by atoms with E-state index >= 15 is 0 Å². The van der Waals surface area contributed by atoms with Crippen molar-refractivity contribution in [1.29, 1.82) is 0 Å². The predicted octanol–water partition coefficient (Wildman–Crippen LogP) is 2.48. The molecule has 0 bridgehead atoms. The number of anilines is 1. The first-order valence-corrected chi connectivity index (χ1v) is 11.4. The van der Waals surface area contributed by atoms with Crippen molar-refractivity contribution in [2.45, 2.75) is 38.3 Å². The van der Waals surface area contributed by atoms with Crippen molar-refractivity contribution in [3.8, 4) is 0 Å². The molecule has 10 heteroatoms. The van der Waals surface area contributed by atoms with E-state index in [1.807, 2.05) is 9.80 Å². The van der Waals surface area contributed by atoms with Gasteiger partial charge in [0.2, 0.25) is 17.7 Å². The van der Waals surface area contributed by atoms with Crippen molar-refractivity contribution in [2.75, 3.05) is 44.6 Å². The number of rotatable bonds is 4. The number of amides is 3. The Morgan fingerprint density at radius 1 is 1.09 bits per heavy atom. The normalized spacial score (nSPS) is 21.8. The van der Waals surface area contributed by atoms with Gasteiger partial charge in [0.15, 0.2) is 0 Å². The Kier molecular flexibility index (Phi) is 6.65. The van der Waals surface area contributed by atoms with Crippen LogP contribution in [0.5, 0.6) is 0 Å². The Balaban J connectivity index is 1.22. The number of hydrogen-bond acceptors (Lipinski definition) is 4. The van der Waals surface area contributed by atoms with Gasteiger partial charge in [-0.2, -0.15) is 13.2 Å². The van der Waals surface area contributed by atoms with Crippen molar-refractivity contribution < 1.29 is 27.6 Å². The number of benzene rings is 1. The molecule has 4 rings (SSSR count). The van der Waals surface area contributed by atoms with Gasteiger partial charge in [-0.25, -0.2) is 0 Å². The summed E-state index contributed by atoms with van der Waals surface area (Å²) in [7, 11) is 0. The van der Waals surface area contributed by atoms with Gasteiger partial charge in [-0.3, -0.25) is 19.3 Å². The molecule has 1 aromatic rings. The minimum absolute atomic E-state index is 0.0372. The lowest BCUT2D eigenvalue weighted by molar-refractivity contribution is -0.139. The van der Waals surface area contributed by atoms with E-state index in [9.17, 15) is 27.6 Å². The van der Waals surface area contributed by atoms with Gasteiger partial charge in [-0.1, -0.05) is 6.07 Å². The molecule has 2 N–H and O–H groups in total. The van der Waals surface area contributed by atoms with Crippen LogP contribution in [0.4, 0.5) is 18.9 Å². The molecule has 3 aliphatic rings. The summed E-state index contributed by atoms with van der Waals surface area (Å²) in [6.07, 6.45) is -1.14. The van der Waals surface area contributed by atoms with E-state index in [0.29, 0.717) is 58.4 Å². The van der Waals surface area contributed by atoms with E-state index in [0.717, 1.165) is 18.6 Å². The van der Waals surface area contributed by atoms with Crippen molar-refractivity contribution >= 4 is 23.4 Å². The fourth-order valence-corrected chi connectivity index (χ4v) is 5.04. The average molecular weight is 467 g/mol. The Morgan fingerprint density at radius 2 is 1.79 bits per heavy atom. The number of halogens is 3. The summed E-state index contributed by atoms with van der Waals surface area (Å²) in [5, 5.41) is 5.49. The van der Waals surface area contributed by atoms with Crippen LogP contribution in [0.2, 0.25) is 0 Å². The highest BCUT2D eigenvalue weighted by Gasteiger charge is 2.45. The third kappa shape index (κ3) is 5.31. The predicted molar refractivity (Wildman–Crippen MR) is 115 cm³/mol. The first-order chi connectivity index (χ1) is 15.7. The van der Waals surface area contributed by atoms with Crippen LogP contribution in [-0.4, -0.2) is 66.8 Å². The van der Waals surface area contributed by atoms with Gasteiger partial charge >= 0.3 is 6.18 Å². The molecular formula is C23H29F3N4O3. The number of likely N-dealkylation sites (tertiary alicyclic amines) is 2. The first-order valence-electron chi connectivity index (χ1n) is 11.4. The van der Waals surface area contributed by atoms with Gasteiger partial charge in [-0.05, 0) is 63.4 Å². The van der Waals surface area contributed by atoms with Crippen molar-refractivity contribution in [1.82, 2.24) is 15.1 Å². The molecule has 7 nitrogen and oxygen atoms in total. The molecule has 180 valence electrons. The molecule has 3 fully saturated rings. The van der Waals surface area contributed by atoms with Crippen LogP contribution >= 0.6 is 0 Å². The van der Waals surface area contributed by atoms with Crippen LogP contribution in [0, 0.1) is 11.3 Å². The SMILES string of the molecule is O=C(Nc1cccc(C(F)(F)F)c1)C1CCN(CC(=O)N2CCC3(CCNC3=O)CC2)CC1. The number of alkyl halides is 3. The summed E-state index contributed by atoms with van der Waals surface area (Å²) in [5.74, 6) is -0.451. The molecular weight excluding hydrogens is 437 g/mol. The van der Waals surface area contributed by atoms with E-state index in [1.165, 1.54) is 12.1 Å².